The molecule has 1 aromatic rings. The molecule has 0 amide bonds. The summed E-state index contributed by atoms with van der Waals surface area (Å²) >= 11 is 0. The minimum atomic E-state index is -0.770. The summed E-state index contributed by atoms with van der Waals surface area (Å²) in [6, 6.07) is 3.88. The number of hydrogen-bond acceptors (Lipinski definition) is 6. The Balaban J connectivity index is 1.96. The molecule has 30 heavy (non-hydrogen) atoms. The number of nitrogens with zero attached hydrogens (tertiary/aromatic N) is 1. The van der Waals surface area contributed by atoms with Crippen LogP contribution < -0.4 is 9.47 Å². The fourth-order valence-electron chi connectivity index (χ4n) is 5.84. The summed E-state index contributed by atoms with van der Waals surface area (Å²) in [5.74, 6) is 0.724. The summed E-state index contributed by atoms with van der Waals surface area (Å²) in [5, 5.41) is 0. The van der Waals surface area contributed by atoms with Gasteiger partial charge in [-0.05, 0) is 63.9 Å². The average molecular weight is 414 g/mol. The predicted molar refractivity (Wildman–Crippen MR) is 113 cm³/mol. The molecule has 1 aliphatic heterocycles. The molecule has 2 bridgehead atoms. The maximum absolute atomic E-state index is 13.5. The Hall–Kier alpha value is -2.34. The standard InChI is InChI=1S/C24H31NO5/c1-6-29-22(27)24-11-7-10-23(13-25(4)14-24)16-8-9-18(28-5)21(30-15(2)3)20(16)17(26)12-19(23)24/h8-9,12,15H,6-7,10-11,13-14H2,1-5H3/t23-,24?/m1/s1. The number of likely N-dealkylation sites (tertiary alicyclic amines) is 1. The summed E-state index contributed by atoms with van der Waals surface area (Å²) in [4.78, 5) is 28.9. The molecule has 0 aromatic heterocycles. The van der Waals surface area contributed by atoms with Crippen LogP contribution in [0.1, 0.15) is 56.0 Å². The van der Waals surface area contributed by atoms with E-state index in [9.17, 15) is 9.59 Å². The van der Waals surface area contributed by atoms with Crippen molar-refractivity contribution in [2.45, 2.75) is 51.6 Å². The van der Waals surface area contributed by atoms with Gasteiger partial charge in [0.15, 0.2) is 17.3 Å². The molecule has 2 fully saturated rings. The Morgan fingerprint density at radius 2 is 2.00 bits per heavy atom. The molecule has 1 unspecified atom stereocenters. The largest absolute Gasteiger partial charge is 0.493 e. The van der Waals surface area contributed by atoms with E-state index in [1.165, 1.54) is 0 Å². The van der Waals surface area contributed by atoms with Gasteiger partial charge in [0.1, 0.15) is 5.41 Å². The molecule has 0 N–H and O–H groups in total. The van der Waals surface area contributed by atoms with Gasteiger partial charge in [-0.1, -0.05) is 12.5 Å². The van der Waals surface area contributed by atoms with E-state index < -0.39 is 10.8 Å². The first kappa shape index (κ1) is 20.9. The number of carbonyl (C=O) groups is 2. The zero-order valence-electron chi connectivity index (χ0n) is 18.5. The van der Waals surface area contributed by atoms with Gasteiger partial charge >= 0.3 is 5.97 Å². The molecule has 2 atom stereocenters. The van der Waals surface area contributed by atoms with Crippen molar-refractivity contribution in [2.24, 2.45) is 5.41 Å². The lowest BCUT2D eigenvalue weighted by molar-refractivity contribution is -0.158. The van der Waals surface area contributed by atoms with Gasteiger partial charge < -0.3 is 19.1 Å². The van der Waals surface area contributed by atoms with Crippen LogP contribution in [-0.4, -0.2) is 56.6 Å². The van der Waals surface area contributed by atoms with Crippen molar-refractivity contribution in [3.05, 3.63) is 34.9 Å². The van der Waals surface area contributed by atoms with Gasteiger partial charge in [-0.3, -0.25) is 9.59 Å². The van der Waals surface area contributed by atoms with Gasteiger partial charge in [0.05, 0.1) is 25.4 Å². The number of likely N-dealkylation sites (N-methyl/N-ethyl adjacent to an activating group) is 1. The molecule has 162 valence electrons. The lowest BCUT2D eigenvalue weighted by Crippen LogP contribution is -2.62. The summed E-state index contributed by atoms with van der Waals surface area (Å²) < 4.78 is 17.1. The first-order valence-corrected chi connectivity index (χ1v) is 10.8. The molecule has 6 heteroatoms. The first-order valence-electron chi connectivity index (χ1n) is 10.8. The number of ketones is 1. The molecule has 1 saturated heterocycles. The maximum Gasteiger partial charge on any atom is 0.317 e. The monoisotopic (exact) mass is 413 g/mol. The van der Waals surface area contributed by atoms with E-state index in [-0.39, 0.29) is 17.9 Å². The smallest absolute Gasteiger partial charge is 0.317 e. The number of carbonyl (C=O) groups excluding carboxylic acids is 2. The fraction of sp³-hybridized carbons (Fsp3) is 0.583. The fourth-order valence-corrected chi connectivity index (χ4v) is 5.84. The second-order valence-electron chi connectivity index (χ2n) is 9.02. The lowest BCUT2D eigenvalue weighted by atomic mass is 9.51. The van der Waals surface area contributed by atoms with Crippen molar-refractivity contribution in [3.63, 3.8) is 0 Å². The average Bonchev–Trinajstić information content (AvgIpc) is 2.67. The molecule has 1 aromatic carbocycles. The highest BCUT2D eigenvalue weighted by atomic mass is 16.5. The second-order valence-corrected chi connectivity index (χ2v) is 9.02. The van der Waals surface area contributed by atoms with Crippen LogP contribution in [0.2, 0.25) is 0 Å². The molecular formula is C24H31NO5. The molecule has 0 spiro atoms. The second kappa shape index (κ2) is 7.41. The quantitative estimate of drug-likeness (QED) is 0.688. The van der Waals surface area contributed by atoms with E-state index in [0.29, 0.717) is 36.6 Å². The summed E-state index contributed by atoms with van der Waals surface area (Å²) in [6.45, 7) is 7.37. The molecule has 1 heterocycles. The highest BCUT2D eigenvalue weighted by Gasteiger charge is 2.61. The number of ether oxygens (including phenoxy) is 3. The van der Waals surface area contributed by atoms with Crippen LogP contribution in [0.3, 0.4) is 0 Å². The number of allylic oxidation sites excluding steroid dienone is 1. The zero-order chi connectivity index (χ0) is 21.7. The lowest BCUT2D eigenvalue weighted by Gasteiger charge is -2.57. The molecule has 0 radical (unpaired) electrons. The normalized spacial score (nSPS) is 27.8. The third-order valence-corrected chi connectivity index (χ3v) is 6.72. The van der Waals surface area contributed by atoms with E-state index in [2.05, 4.69) is 4.90 Å². The van der Waals surface area contributed by atoms with Crippen LogP contribution in [0.5, 0.6) is 11.5 Å². The van der Waals surface area contributed by atoms with Crippen LogP contribution in [-0.2, 0) is 14.9 Å². The number of esters is 1. The van der Waals surface area contributed by atoms with Gasteiger partial charge in [-0.2, -0.15) is 0 Å². The van der Waals surface area contributed by atoms with Crippen molar-refractivity contribution in [1.29, 1.82) is 0 Å². The first-order chi connectivity index (χ1) is 14.3. The third-order valence-electron chi connectivity index (χ3n) is 6.72. The van der Waals surface area contributed by atoms with E-state index in [4.69, 9.17) is 14.2 Å². The molecule has 4 rings (SSSR count). The Morgan fingerprint density at radius 3 is 2.67 bits per heavy atom. The number of rotatable bonds is 5. The Bertz CT molecular complexity index is 920. The Labute approximate surface area is 178 Å². The summed E-state index contributed by atoms with van der Waals surface area (Å²) in [7, 11) is 3.63. The highest BCUT2D eigenvalue weighted by Crippen LogP contribution is 2.60. The van der Waals surface area contributed by atoms with Crippen LogP contribution in [0.25, 0.3) is 0 Å². The van der Waals surface area contributed by atoms with Crippen LogP contribution >= 0.6 is 0 Å². The summed E-state index contributed by atoms with van der Waals surface area (Å²) in [6.07, 6.45) is 4.11. The molecule has 3 aliphatic rings. The van der Waals surface area contributed by atoms with Crippen LogP contribution in [0, 0.1) is 5.41 Å². The van der Waals surface area contributed by atoms with Crippen molar-refractivity contribution in [1.82, 2.24) is 4.90 Å². The van der Waals surface area contributed by atoms with E-state index in [1.807, 2.05) is 40.0 Å². The van der Waals surface area contributed by atoms with Crippen LogP contribution in [0.4, 0.5) is 0 Å². The van der Waals surface area contributed by atoms with Crippen molar-refractivity contribution < 1.29 is 23.8 Å². The predicted octanol–water partition coefficient (Wildman–Crippen LogP) is 3.52. The maximum atomic E-state index is 13.5. The minimum absolute atomic E-state index is 0.0971. The number of hydrogen-bond donors (Lipinski definition) is 0. The molecule has 1 saturated carbocycles. The summed E-state index contributed by atoms with van der Waals surface area (Å²) in [5.41, 5.74) is 1.27. The van der Waals surface area contributed by atoms with Gasteiger partial charge in [0.25, 0.3) is 0 Å². The Morgan fingerprint density at radius 1 is 1.23 bits per heavy atom. The topological polar surface area (TPSA) is 65.1 Å². The van der Waals surface area contributed by atoms with Gasteiger partial charge in [-0.15, -0.1) is 0 Å². The van der Waals surface area contributed by atoms with Gasteiger partial charge in [0.2, 0.25) is 0 Å². The highest BCUT2D eigenvalue weighted by molar-refractivity contribution is 6.11. The zero-order valence-corrected chi connectivity index (χ0v) is 18.5. The minimum Gasteiger partial charge on any atom is -0.493 e. The van der Waals surface area contributed by atoms with Crippen molar-refractivity contribution in [3.8, 4) is 11.5 Å². The number of piperidine rings is 1. The van der Waals surface area contributed by atoms with Gasteiger partial charge in [0, 0.05) is 18.5 Å². The molecule has 2 aliphatic carbocycles. The van der Waals surface area contributed by atoms with Crippen molar-refractivity contribution in [2.75, 3.05) is 33.9 Å². The molecule has 6 nitrogen and oxygen atoms in total. The Kier molecular flexibility index (Phi) is 5.17. The third kappa shape index (κ3) is 2.88. The van der Waals surface area contributed by atoms with E-state index >= 15 is 0 Å². The van der Waals surface area contributed by atoms with Gasteiger partial charge in [-0.25, -0.2) is 0 Å². The number of benzene rings is 1. The number of fused-ring (bicyclic) bond motifs is 1. The van der Waals surface area contributed by atoms with Crippen molar-refractivity contribution >= 4 is 11.8 Å². The molecular weight excluding hydrogens is 382 g/mol. The van der Waals surface area contributed by atoms with Crippen LogP contribution in [0.15, 0.2) is 23.8 Å². The van der Waals surface area contributed by atoms with E-state index in [0.717, 1.165) is 30.5 Å². The SMILES string of the molecule is CCOC(=O)C12CCC[C@]3(CN(C)C1)C2=CC(=O)c1c3ccc(OC)c1OC(C)C. The van der Waals surface area contributed by atoms with E-state index in [1.54, 1.807) is 13.2 Å². The number of methoxy groups -OCH3 is 1.